The summed E-state index contributed by atoms with van der Waals surface area (Å²) in [5.74, 6) is 0.191. The van der Waals surface area contributed by atoms with Gasteiger partial charge in [-0.2, -0.15) is 0 Å². The largest absolute Gasteiger partial charge is 0.506 e. The molecule has 0 bridgehead atoms. The topological polar surface area (TPSA) is 46.2 Å². The van der Waals surface area contributed by atoms with Gasteiger partial charge < -0.3 is 10.8 Å². The van der Waals surface area contributed by atoms with Gasteiger partial charge in [-0.3, -0.25) is 0 Å². The highest BCUT2D eigenvalue weighted by atomic mass is 16.3. The Morgan fingerprint density at radius 3 is 2.33 bits per heavy atom. The normalized spacial score (nSPS) is 39.2. The van der Waals surface area contributed by atoms with E-state index in [1.807, 2.05) is 12.2 Å². The van der Waals surface area contributed by atoms with E-state index >= 15 is 0 Å². The second-order valence-electron chi connectivity index (χ2n) is 5.14. The lowest BCUT2D eigenvalue weighted by Crippen LogP contribution is -2.18. The highest BCUT2D eigenvalue weighted by molar-refractivity contribution is 5.31. The van der Waals surface area contributed by atoms with Crippen molar-refractivity contribution in [2.45, 2.75) is 34.1 Å². The zero-order chi connectivity index (χ0) is 11.7. The van der Waals surface area contributed by atoms with Crippen molar-refractivity contribution in [1.29, 1.82) is 0 Å². The zero-order valence-corrected chi connectivity index (χ0v) is 10.0. The van der Waals surface area contributed by atoms with Gasteiger partial charge in [0, 0.05) is 10.8 Å². The van der Waals surface area contributed by atoms with E-state index in [4.69, 9.17) is 5.73 Å². The summed E-state index contributed by atoms with van der Waals surface area (Å²) in [6.07, 6.45) is 8.94. The molecule has 15 heavy (non-hydrogen) atoms. The van der Waals surface area contributed by atoms with Crippen LogP contribution in [0.2, 0.25) is 0 Å². The molecule has 1 aliphatic rings. The van der Waals surface area contributed by atoms with E-state index in [1.54, 1.807) is 0 Å². The summed E-state index contributed by atoms with van der Waals surface area (Å²) in [5.41, 5.74) is 6.05. The smallest absolute Gasteiger partial charge is 0.135 e. The molecule has 0 spiro atoms. The number of hydrogen-bond donors (Lipinski definition) is 2. The number of rotatable bonds is 1. The fraction of sp³-hybridized carbons (Fsp3) is 0.538. The highest BCUT2D eigenvalue weighted by Crippen LogP contribution is 2.33. The van der Waals surface area contributed by atoms with Gasteiger partial charge in [-0.25, -0.2) is 0 Å². The lowest BCUT2D eigenvalue weighted by Gasteiger charge is -2.26. The number of hydrogen-bond acceptors (Lipinski definition) is 2. The van der Waals surface area contributed by atoms with E-state index in [-0.39, 0.29) is 16.6 Å². The third-order valence-electron chi connectivity index (χ3n) is 2.95. The number of nitrogens with two attached hydrogens (primary N) is 1. The van der Waals surface area contributed by atoms with E-state index in [0.29, 0.717) is 5.70 Å². The van der Waals surface area contributed by atoms with E-state index in [9.17, 15) is 5.11 Å². The molecule has 1 rings (SSSR count). The number of aliphatic hydroxyl groups excluding tert-OH is 1. The zero-order valence-electron chi connectivity index (χ0n) is 10.0. The Kier molecular flexibility index (Phi) is 2.98. The van der Waals surface area contributed by atoms with Crippen LogP contribution in [0.15, 0.2) is 35.8 Å². The first kappa shape index (κ1) is 11.9. The van der Waals surface area contributed by atoms with Gasteiger partial charge in [0.1, 0.15) is 5.76 Å². The maximum absolute atomic E-state index is 9.82. The summed E-state index contributed by atoms with van der Waals surface area (Å²) in [6.45, 7) is 8.34. The molecule has 3 N–H and O–H groups in total. The summed E-state index contributed by atoms with van der Waals surface area (Å²) in [6, 6.07) is 0. The summed E-state index contributed by atoms with van der Waals surface area (Å²) < 4.78 is 0. The van der Waals surface area contributed by atoms with Crippen LogP contribution in [0.25, 0.3) is 0 Å². The average Bonchev–Trinajstić information content (AvgIpc) is 2.13. The molecule has 0 aromatic heterocycles. The van der Waals surface area contributed by atoms with Crippen molar-refractivity contribution < 1.29 is 5.11 Å². The van der Waals surface area contributed by atoms with Crippen molar-refractivity contribution in [3.8, 4) is 0 Å². The van der Waals surface area contributed by atoms with Crippen LogP contribution in [-0.4, -0.2) is 5.11 Å². The lowest BCUT2D eigenvalue weighted by molar-refractivity contribution is 0.393. The third-order valence-corrected chi connectivity index (χ3v) is 2.95. The van der Waals surface area contributed by atoms with Gasteiger partial charge >= 0.3 is 0 Å². The van der Waals surface area contributed by atoms with Crippen molar-refractivity contribution in [1.82, 2.24) is 0 Å². The lowest BCUT2D eigenvalue weighted by atomic mass is 9.80. The molecule has 1 aliphatic carbocycles. The molecule has 0 saturated carbocycles. The molecule has 1 atom stereocenters. The molecular weight excluding hydrogens is 186 g/mol. The Morgan fingerprint density at radius 1 is 1.20 bits per heavy atom. The molecule has 0 aliphatic heterocycles. The molecule has 2 heteroatoms. The molecule has 0 aromatic rings. The minimum Gasteiger partial charge on any atom is -0.506 e. The first-order chi connectivity index (χ1) is 6.78. The van der Waals surface area contributed by atoms with Crippen LogP contribution in [0, 0.1) is 10.8 Å². The van der Waals surface area contributed by atoms with E-state index < -0.39 is 0 Å². The summed E-state index contributed by atoms with van der Waals surface area (Å²) in [5, 5.41) is 9.82. The molecule has 0 amide bonds. The monoisotopic (exact) mass is 207 g/mol. The van der Waals surface area contributed by atoms with Gasteiger partial charge in [0.05, 0.1) is 5.70 Å². The van der Waals surface area contributed by atoms with Gasteiger partial charge in [-0.1, -0.05) is 39.8 Å². The molecular formula is C13H21NO. The predicted octanol–water partition coefficient (Wildman–Crippen LogP) is 3.28. The van der Waals surface area contributed by atoms with Gasteiger partial charge in [0.25, 0.3) is 0 Å². The molecule has 0 fully saturated rings. The fourth-order valence-corrected chi connectivity index (χ4v) is 1.59. The quantitative estimate of drug-likeness (QED) is 0.648. The third kappa shape index (κ3) is 2.88. The maximum atomic E-state index is 9.82. The van der Waals surface area contributed by atoms with Crippen LogP contribution >= 0.6 is 0 Å². The minimum absolute atomic E-state index is 0.108. The number of aliphatic hydroxyl groups is 1. The van der Waals surface area contributed by atoms with E-state index in [1.165, 1.54) is 0 Å². The molecule has 0 heterocycles. The Morgan fingerprint density at radius 2 is 1.80 bits per heavy atom. The Hall–Kier alpha value is -1.18. The molecule has 0 aromatic carbocycles. The van der Waals surface area contributed by atoms with Crippen LogP contribution in [0.4, 0.5) is 0 Å². The van der Waals surface area contributed by atoms with Crippen LogP contribution in [0.5, 0.6) is 0 Å². The summed E-state index contributed by atoms with van der Waals surface area (Å²) >= 11 is 0. The summed E-state index contributed by atoms with van der Waals surface area (Å²) in [7, 11) is 0. The number of allylic oxidation sites excluding steroid dienone is 4. The standard InChI is InChI=1S/C13H21NO/c1-5-13(4)7-6-12(2,3)8-10(14)11(15)9-13/h6-9,15H,5,14H2,1-4H3/b7-6-,10-8+,11-9+. The molecule has 2 nitrogen and oxygen atoms in total. The Bertz CT molecular complexity index is 336. The first-order valence-corrected chi connectivity index (χ1v) is 5.39. The highest BCUT2D eigenvalue weighted by Gasteiger charge is 2.22. The average molecular weight is 207 g/mol. The van der Waals surface area contributed by atoms with Crippen molar-refractivity contribution in [2.75, 3.05) is 0 Å². The van der Waals surface area contributed by atoms with Crippen LogP contribution < -0.4 is 5.73 Å². The van der Waals surface area contributed by atoms with Crippen molar-refractivity contribution in [2.24, 2.45) is 16.6 Å². The van der Waals surface area contributed by atoms with Crippen LogP contribution in [-0.2, 0) is 0 Å². The molecule has 0 radical (unpaired) electrons. The van der Waals surface area contributed by atoms with Gasteiger partial charge in [-0.05, 0) is 18.6 Å². The first-order valence-electron chi connectivity index (χ1n) is 5.39. The van der Waals surface area contributed by atoms with Gasteiger partial charge in [0.15, 0.2) is 0 Å². The second kappa shape index (κ2) is 3.76. The maximum Gasteiger partial charge on any atom is 0.135 e. The van der Waals surface area contributed by atoms with E-state index in [2.05, 4.69) is 39.8 Å². The van der Waals surface area contributed by atoms with E-state index in [0.717, 1.165) is 6.42 Å². The predicted molar refractivity (Wildman–Crippen MR) is 64.3 cm³/mol. The molecule has 0 saturated heterocycles. The Labute approximate surface area is 92.2 Å². The Balaban J connectivity index is 3.25. The summed E-state index contributed by atoms with van der Waals surface area (Å²) in [4.78, 5) is 0. The van der Waals surface area contributed by atoms with Gasteiger partial charge in [-0.15, -0.1) is 0 Å². The van der Waals surface area contributed by atoms with Crippen LogP contribution in [0.3, 0.4) is 0 Å². The fourth-order valence-electron chi connectivity index (χ4n) is 1.59. The van der Waals surface area contributed by atoms with Crippen LogP contribution in [0.1, 0.15) is 34.1 Å². The van der Waals surface area contributed by atoms with Crippen molar-refractivity contribution in [3.05, 3.63) is 35.8 Å². The van der Waals surface area contributed by atoms with Gasteiger partial charge in [0.2, 0.25) is 0 Å². The van der Waals surface area contributed by atoms with Crippen molar-refractivity contribution >= 4 is 0 Å². The molecule has 84 valence electrons. The SMILES string of the molecule is CCC1(C)/C=C\C(C)(C)/C=C(N)\C(O)=C/1. The molecule has 1 unspecified atom stereocenters. The van der Waals surface area contributed by atoms with Crippen molar-refractivity contribution in [3.63, 3.8) is 0 Å². The second-order valence-corrected chi connectivity index (χ2v) is 5.14. The minimum atomic E-state index is -0.111.